The molecule has 2 rings (SSSR count). The molecule has 1 amide bonds. The van der Waals surface area contributed by atoms with E-state index in [2.05, 4.69) is 12.2 Å². The van der Waals surface area contributed by atoms with Gasteiger partial charge in [-0.05, 0) is 25.7 Å². The molecule has 2 aliphatic rings. The highest BCUT2D eigenvalue weighted by molar-refractivity contribution is 7.86. The molecule has 2 fully saturated rings. The summed E-state index contributed by atoms with van der Waals surface area (Å²) in [5.41, 5.74) is 0. The van der Waals surface area contributed by atoms with Crippen molar-refractivity contribution in [3.63, 3.8) is 0 Å². The van der Waals surface area contributed by atoms with Crippen LogP contribution < -0.4 is 5.32 Å². The Bertz CT molecular complexity index is 474. The van der Waals surface area contributed by atoms with Crippen LogP contribution in [0.1, 0.15) is 26.7 Å². The van der Waals surface area contributed by atoms with Crippen LogP contribution in [-0.4, -0.2) is 80.2 Å². The molecule has 1 N–H and O–H groups in total. The van der Waals surface area contributed by atoms with E-state index in [0.717, 1.165) is 12.8 Å². The summed E-state index contributed by atoms with van der Waals surface area (Å²) in [7, 11) is -3.34. The van der Waals surface area contributed by atoms with Crippen molar-refractivity contribution in [2.45, 2.75) is 26.7 Å². The van der Waals surface area contributed by atoms with Gasteiger partial charge in [-0.15, -0.1) is 0 Å². The maximum absolute atomic E-state index is 12.7. The van der Waals surface area contributed by atoms with E-state index < -0.39 is 10.2 Å². The Morgan fingerprint density at radius 1 is 1.14 bits per heavy atom. The van der Waals surface area contributed by atoms with Gasteiger partial charge in [-0.3, -0.25) is 9.69 Å². The number of nitrogens with one attached hydrogen (secondary N) is 1. The Hall–Kier alpha value is -0.700. The summed E-state index contributed by atoms with van der Waals surface area (Å²) in [6.07, 6.45) is 2.05. The van der Waals surface area contributed by atoms with Gasteiger partial charge in [0.15, 0.2) is 0 Å². The van der Waals surface area contributed by atoms with Gasteiger partial charge >= 0.3 is 0 Å². The average molecular weight is 332 g/mol. The topological polar surface area (TPSA) is 73.0 Å². The van der Waals surface area contributed by atoms with E-state index in [4.69, 9.17) is 0 Å². The smallest absolute Gasteiger partial charge is 0.282 e. The van der Waals surface area contributed by atoms with Crippen LogP contribution in [0.15, 0.2) is 0 Å². The lowest BCUT2D eigenvalue weighted by Crippen LogP contribution is -2.55. The number of carbonyl (C=O) groups is 1. The minimum absolute atomic E-state index is 0.00339. The van der Waals surface area contributed by atoms with Crippen LogP contribution in [0.25, 0.3) is 0 Å². The molecule has 2 aliphatic heterocycles. The van der Waals surface area contributed by atoms with E-state index in [1.165, 1.54) is 0 Å². The second-order valence-corrected chi connectivity index (χ2v) is 8.17. The first-order valence-corrected chi connectivity index (χ1v) is 9.57. The normalized spacial score (nSPS) is 26.0. The molecular weight excluding hydrogens is 304 g/mol. The standard InChI is InChI=1S/C14H28N4O3S/c1-3-15-14(19)12-16-7-9-17(10-8-16)22(20,21)18-6-4-5-13(2)11-18/h13H,3-12H2,1-2H3,(H,15,19). The first-order chi connectivity index (χ1) is 10.4. The molecule has 8 heteroatoms. The van der Waals surface area contributed by atoms with Crippen molar-refractivity contribution in [2.75, 3.05) is 52.4 Å². The van der Waals surface area contributed by atoms with Gasteiger partial charge in [-0.25, -0.2) is 0 Å². The molecule has 22 heavy (non-hydrogen) atoms. The van der Waals surface area contributed by atoms with Crippen LogP contribution in [0.4, 0.5) is 0 Å². The summed E-state index contributed by atoms with van der Waals surface area (Å²) < 4.78 is 28.5. The SMILES string of the molecule is CCNC(=O)CN1CCN(S(=O)(=O)N2CCCC(C)C2)CC1. The third kappa shape index (κ3) is 4.41. The van der Waals surface area contributed by atoms with Gasteiger partial charge in [0, 0.05) is 45.8 Å². The first-order valence-electron chi connectivity index (χ1n) is 8.17. The van der Waals surface area contributed by atoms with E-state index in [1.807, 2.05) is 11.8 Å². The molecule has 0 aromatic carbocycles. The van der Waals surface area contributed by atoms with Gasteiger partial charge in [0.25, 0.3) is 10.2 Å². The highest BCUT2D eigenvalue weighted by atomic mass is 32.2. The molecule has 0 aliphatic carbocycles. The molecule has 0 spiro atoms. The van der Waals surface area contributed by atoms with Crippen LogP contribution in [0.5, 0.6) is 0 Å². The van der Waals surface area contributed by atoms with Crippen molar-refractivity contribution in [3.05, 3.63) is 0 Å². The van der Waals surface area contributed by atoms with Gasteiger partial charge in [0.1, 0.15) is 0 Å². The minimum atomic E-state index is -3.34. The molecule has 0 bridgehead atoms. The van der Waals surface area contributed by atoms with Crippen LogP contribution in [0, 0.1) is 5.92 Å². The fraction of sp³-hybridized carbons (Fsp3) is 0.929. The Morgan fingerprint density at radius 2 is 1.82 bits per heavy atom. The summed E-state index contributed by atoms with van der Waals surface area (Å²) >= 11 is 0. The second-order valence-electron chi connectivity index (χ2n) is 6.24. The van der Waals surface area contributed by atoms with Gasteiger partial charge in [-0.1, -0.05) is 6.92 Å². The number of piperazine rings is 1. The number of amides is 1. The third-order valence-electron chi connectivity index (χ3n) is 4.34. The molecule has 2 saturated heterocycles. The summed E-state index contributed by atoms with van der Waals surface area (Å²) in [5.74, 6) is 0.436. The number of carbonyl (C=O) groups excluding carboxylic acids is 1. The number of rotatable bonds is 5. The van der Waals surface area contributed by atoms with Crippen molar-refractivity contribution in [1.29, 1.82) is 0 Å². The first kappa shape index (κ1) is 17.7. The predicted octanol–water partition coefficient (Wildman–Crippen LogP) is -0.283. The van der Waals surface area contributed by atoms with Crippen molar-refractivity contribution in [2.24, 2.45) is 5.92 Å². The molecule has 0 aromatic heterocycles. The lowest BCUT2D eigenvalue weighted by Gasteiger charge is -2.38. The zero-order valence-electron chi connectivity index (χ0n) is 13.6. The van der Waals surface area contributed by atoms with E-state index in [1.54, 1.807) is 8.61 Å². The number of likely N-dealkylation sites (N-methyl/N-ethyl adjacent to an activating group) is 1. The number of piperidine rings is 1. The Balaban J connectivity index is 1.86. The van der Waals surface area contributed by atoms with Gasteiger partial charge in [0.2, 0.25) is 5.91 Å². The summed E-state index contributed by atoms with van der Waals surface area (Å²) in [5, 5.41) is 2.77. The lowest BCUT2D eigenvalue weighted by molar-refractivity contribution is -0.122. The Labute approximate surface area is 133 Å². The van der Waals surface area contributed by atoms with Crippen LogP contribution in [0.2, 0.25) is 0 Å². The van der Waals surface area contributed by atoms with Crippen molar-refractivity contribution in [3.8, 4) is 0 Å². The zero-order chi connectivity index (χ0) is 16.2. The van der Waals surface area contributed by atoms with E-state index in [0.29, 0.717) is 58.3 Å². The maximum Gasteiger partial charge on any atom is 0.282 e. The Morgan fingerprint density at radius 3 is 2.41 bits per heavy atom. The Kier molecular flexibility index (Phi) is 6.19. The summed E-state index contributed by atoms with van der Waals surface area (Å²) in [6, 6.07) is 0. The number of hydrogen-bond acceptors (Lipinski definition) is 4. The quantitative estimate of drug-likeness (QED) is 0.751. The van der Waals surface area contributed by atoms with E-state index in [9.17, 15) is 13.2 Å². The predicted molar refractivity (Wildman–Crippen MR) is 85.6 cm³/mol. The van der Waals surface area contributed by atoms with Gasteiger partial charge < -0.3 is 5.32 Å². The van der Waals surface area contributed by atoms with Crippen LogP contribution >= 0.6 is 0 Å². The van der Waals surface area contributed by atoms with Crippen molar-refractivity contribution >= 4 is 16.1 Å². The molecule has 1 unspecified atom stereocenters. The molecule has 2 heterocycles. The minimum Gasteiger partial charge on any atom is -0.355 e. The molecule has 1 atom stereocenters. The molecule has 0 saturated carbocycles. The largest absolute Gasteiger partial charge is 0.355 e. The van der Waals surface area contributed by atoms with Gasteiger partial charge in [-0.2, -0.15) is 17.0 Å². The molecule has 0 aromatic rings. The molecule has 128 valence electrons. The summed E-state index contributed by atoms with van der Waals surface area (Å²) in [6.45, 7) is 8.38. The van der Waals surface area contributed by atoms with Crippen LogP contribution in [-0.2, 0) is 15.0 Å². The lowest BCUT2D eigenvalue weighted by atomic mass is 10.0. The molecular formula is C14H28N4O3S. The summed E-state index contributed by atoms with van der Waals surface area (Å²) in [4.78, 5) is 13.6. The highest BCUT2D eigenvalue weighted by Gasteiger charge is 2.34. The molecule has 0 radical (unpaired) electrons. The molecule has 7 nitrogen and oxygen atoms in total. The second kappa shape index (κ2) is 7.72. The zero-order valence-corrected chi connectivity index (χ0v) is 14.4. The van der Waals surface area contributed by atoms with Crippen LogP contribution in [0.3, 0.4) is 0 Å². The van der Waals surface area contributed by atoms with Crippen molar-refractivity contribution in [1.82, 2.24) is 18.8 Å². The van der Waals surface area contributed by atoms with E-state index >= 15 is 0 Å². The maximum atomic E-state index is 12.7. The number of nitrogens with zero attached hydrogens (tertiary/aromatic N) is 3. The van der Waals surface area contributed by atoms with Crippen molar-refractivity contribution < 1.29 is 13.2 Å². The average Bonchev–Trinajstić information content (AvgIpc) is 2.48. The van der Waals surface area contributed by atoms with Gasteiger partial charge in [0.05, 0.1) is 6.54 Å². The monoisotopic (exact) mass is 332 g/mol. The van der Waals surface area contributed by atoms with E-state index in [-0.39, 0.29) is 5.91 Å². The third-order valence-corrected chi connectivity index (χ3v) is 6.35. The number of hydrogen-bond donors (Lipinski definition) is 1. The highest BCUT2D eigenvalue weighted by Crippen LogP contribution is 2.21. The fourth-order valence-electron chi connectivity index (χ4n) is 3.09. The fourth-order valence-corrected chi connectivity index (χ4v) is 4.85.